The summed E-state index contributed by atoms with van der Waals surface area (Å²) in [4.78, 5) is 24.1. The third-order valence-corrected chi connectivity index (χ3v) is 14.6. The predicted octanol–water partition coefficient (Wildman–Crippen LogP) is 21.8. The van der Waals surface area contributed by atoms with E-state index in [1.807, 2.05) is 0 Å². The Morgan fingerprint density at radius 2 is 0.413 bits per heavy atom. The van der Waals surface area contributed by atoms with Crippen molar-refractivity contribution in [2.45, 2.75) is 367 Å². The average molecular weight is 888 g/mol. The summed E-state index contributed by atoms with van der Waals surface area (Å²) in [5, 5.41) is 9.76. The number of ketones is 1. The van der Waals surface area contributed by atoms with Gasteiger partial charge >= 0.3 is 5.97 Å². The molecular weight excluding hydrogens is 769 g/mol. The van der Waals surface area contributed by atoms with E-state index in [-0.39, 0.29) is 5.92 Å². The lowest BCUT2D eigenvalue weighted by atomic mass is 9.94. The van der Waals surface area contributed by atoms with Crippen molar-refractivity contribution >= 4 is 11.8 Å². The Morgan fingerprint density at radius 3 is 0.587 bits per heavy atom. The van der Waals surface area contributed by atoms with E-state index in [1.54, 1.807) is 0 Å². The molecule has 0 aliphatic carbocycles. The Kier molecular flexibility index (Phi) is 54.7. The number of carboxylic acid groups (broad SMARTS) is 1. The molecule has 0 aromatic carbocycles. The Balaban J connectivity index is 3.35. The fourth-order valence-corrected chi connectivity index (χ4v) is 10.0. The molecule has 0 aliphatic heterocycles. The van der Waals surface area contributed by atoms with Gasteiger partial charge in [0, 0.05) is 12.8 Å². The molecule has 0 aliphatic rings. The Labute approximate surface area is 397 Å². The van der Waals surface area contributed by atoms with Crippen LogP contribution < -0.4 is 0 Å². The SMILES string of the molecule is CCCCCCCCCCCCCCCCCCCCCCCCC(CCCCCCCCCCCCCCCCC(=O)CCCCCCCCCCCCCCCCC)C(=O)O. The van der Waals surface area contributed by atoms with Gasteiger partial charge in [-0.15, -0.1) is 0 Å². The lowest BCUT2D eigenvalue weighted by Crippen LogP contribution is -2.13. The number of Topliss-reactive ketones (excluding diaryl/α,β-unsaturated/α-hetero) is 1. The maximum atomic E-state index is 12.3. The summed E-state index contributed by atoms with van der Waals surface area (Å²) in [7, 11) is 0. The van der Waals surface area contributed by atoms with Crippen LogP contribution in [0.25, 0.3) is 0 Å². The van der Waals surface area contributed by atoms with E-state index in [2.05, 4.69) is 13.8 Å². The highest BCUT2D eigenvalue weighted by Crippen LogP contribution is 2.22. The van der Waals surface area contributed by atoms with E-state index in [0.29, 0.717) is 5.78 Å². The summed E-state index contributed by atoms with van der Waals surface area (Å²) in [6.45, 7) is 4.59. The van der Waals surface area contributed by atoms with Gasteiger partial charge in [0.25, 0.3) is 0 Å². The predicted molar refractivity (Wildman–Crippen MR) is 281 cm³/mol. The maximum absolute atomic E-state index is 12.3. The molecule has 0 bridgehead atoms. The van der Waals surface area contributed by atoms with Gasteiger partial charge < -0.3 is 5.11 Å². The zero-order chi connectivity index (χ0) is 45.6. The molecule has 3 nitrogen and oxygen atoms in total. The van der Waals surface area contributed by atoms with E-state index in [9.17, 15) is 14.7 Å². The molecule has 1 atom stereocenters. The molecule has 0 spiro atoms. The molecule has 0 aromatic rings. The molecule has 1 N–H and O–H groups in total. The second-order valence-corrected chi connectivity index (χ2v) is 21.0. The van der Waals surface area contributed by atoms with Gasteiger partial charge in [0.1, 0.15) is 5.78 Å². The quantitative estimate of drug-likeness (QED) is 0.0619. The van der Waals surface area contributed by atoms with Crippen LogP contribution in [0, 0.1) is 5.92 Å². The summed E-state index contributed by atoms with van der Waals surface area (Å²) in [5.74, 6) is -0.170. The number of hydrogen-bond acceptors (Lipinski definition) is 2. The van der Waals surface area contributed by atoms with Crippen molar-refractivity contribution in [1.29, 1.82) is 0 Å². The highest BCUT2D eigenvalue weighted by atomic mass is 16.4. The van der Waals surface area contributed by atoms with E-state index < -0.39 is 5.97 Å². The molecule has 0 fully saturated rings. The van der Waals surface area contributed by atoms with Crippen molar-refractivity contribution in [2.24, 2.45) is 5.92 Å². The monoisotopic (exact) mass is 887 g/mol. The largest absolute Gasteiger partial charge is 0.481 e. The smallest absolute Gasteiger partial charge is 0.306 e. The maximum Gasteiger partial charge on any atom is 0.306 e. The summed E-state index contributed by atoms with van der Waals surface area (Å²) >= 11 is 0. The van der Waals surface area contributed by atoms with Gasteiger partial charge in [-0.05, 0) is 25.7 Å². The first-order valence-corrected chi connectivity index (χ1v) is 29.9. The van der Waals surface area contributed by atoms with Gasteiger partial charge in [-0.3, -0.25) is 9.59 Å². The Bertz CT molecular complexity index is 867. The second kappa shape index (κ2) is 55.5. The van der Waals surface area contributed by atoms with Crippen LogP contribution in [0.1, 0.15) is 367 Å². The first-order valence-electron chi connectivity index (χ1n) is 29.9. The summed E-state index contributed by atoms with van der Waals surface area (Å²) < 4.78 is 0. The van der Waals surface area contributed by atoms with Gasteiger partial charge in [0.2, 0.25) is 0 Å². The number of rotatable bonds is 57. The molecule has 376 valence electrons. The second-order valence-electron chi connectivity index (χ2n) is 21.0. The van der Waals surface area contributed by atoms with E-state index in [1.165, 1.54) is 302 Å². The number of unbranched alkanes of at least 4 members (excludes halogenated alkanes) is 48. The van der Waals surface area contributed by atoms with Crippen LogP contribution in [0.4, 0.5) is 0 Å². The van der Waals surface area contributed by atoms with Crippen molar-refractivity contribution in [3.8, 4) is 0 Å². The topological polar surface area (TPSA) is 54.4 Å². The molecule has 0 saturated carbocycles. The zero-order valence-electron chi connectivity index (χ0n) is 43.7. The van der Waals surface area contributed by atoms with Crippen molar-refractivity contribution in [2.75, 3.05) is 0 Å². The third kappa shape index (κ3) is 53.6. The summed E-state index contributed by atoms with van der Waals surface area (Å²) in [5.41, 5.74) is 0. The molecule has 3 heteroatoms. The van der Waals surface area contributed by atoms with E-state index >= 15 is 0 Å². The fourth-order valence-electron chi connectivity index (χ4n) is 10.0. The molecule has 0 heterocycles. The van der Waals surface area contributed by atoms with Crippen molar-refractivity contribution in [1.82, 2.24) is 0 Å². The zero-order valence-corrected chi connectivity index (χ0v) is 43.7. The number of carbonyl (C=O) groups is 2. The number of aliphatic carboxylic acids is 1. The van der Waals surface area contributed by atoms with E-state index in [0.717, 1.165) is 51.4 Å². The van der Waals surface area contributed by atoms with Crippen LogP contribution in [0.2, 0.25) is 0 Å². The van der Waals surface area contributed by atoms with Crippen LogP contribution in [0.15, 0.2) is 0 Å². The lowest BCUT2D eigenvalue weighted by Gasteiger charge is -2.12. The highest BCUT2D eigenvalue weighted by molar-refractivity contribution is 5.78. The Hall–Kier alpha value is -0.860. The summed E-state index contributed by atoms with van der Waals surface area (Å²) in [6.07, 6.45) is 72.9. The first kappa shape index (κ1) is 62.1. The van der Waals surface area contributed by atoms with Gasteiger partial charge in [-0.2, -0.15) is 0 Å². The number of carboxylic acids is 1. The van der Waals surface area contributed by atoms with Crippen LogP contribution in [0.3, 0.4) is 0 Å². The van der Waals surface area contributed by atoms with Crippen LogP contribution in [-0.4, -0.2) is 16.9 Å². The molecule has 63 heavy (non-hydrogen) atoms. The van der Waals surface area contributed by atoms with Crippen LogP contribution in [0.5, 0.6) is 0 Å². The molecule has 0 amide bonds. The lowest BCUT2D eigenvalue weighted by molar-refractivity contribution is -0.142. The number of hydrogen-bond donors (Lipinski definition) is 1. The van der Waals surface area contributed by atoms with Gasteiger partial charge in [-0.25, -0.2) is 0 Å². The van der Waals surface area contributed by atoms with Crippen molar-refractivity contribution in [3.05, 3.63) is 0 Å². The van der Waals surface area contributed by atoms with Gasteiger partial charge in [0.05, 0.1) is 5.92 Å². The molecule has 0 radical (unpaired) electrons. The van der Waals surface area contributed by atoms with Gasteiger partial charge in [0.15, 0.2) is 0 Å². The minimum Gasteiger partial charge on any atom is -0.481 e. The average Bonchev–Trinajstić information content (AvgIpc) is 3.28. The summed E-state index contributed by atoms with van der Waals surface area (Å²) in [6, 6.07) is 0. The van der Waals surface area contributed by atoms with Crippen molar-refractivity contribution in [3.63, 3.8) is 0 Å². The Morgan fingerprint density at radius 1 is 0.254 bits per heavy atom. The minimum absolute atomic E-state index is 0.119. The molecular formula is C60H118O3. The third-order valence-electron chi connectivity index (χ3n) is 14.6. The standard InChI is InChI=1S/C60H118O3/c1-3-5-7-9-11-13-15-17-19-20-21-22-23-24-25-27-30-34-38-42-46-50-54-58(60(62)63)55-51-47-43-39-35-31-28-29-33-37-41-45-49-53-57-59(61)56-52-48-44-40-36-32-26-18-16-14-12-10-8-6-4-2/h58H,3-57H2,1-2H3,(H,62,63). The first-order chi connectivity index (χ1) is 31.1. The van der Waals surface area contributed by atoms with Crippen molar-refractivity contribution < 1.29 is 14.7 Å². The molecule has 1 unspecified atom stereocenters. The molecule has 0 rings (SSSR count). The molecule has 0 saturated heterocycles. The fraction of sp³-hybridized carbons (Fsp3) is 0.967. The highest BCUT2D eigenvalue weighted by Gasteiger charge is 2.16. The van der Waals surface area contributed by atoms with Crippen LogP contribution in [-0.2, 0) is 9.59 Å². The van der Waals surface area contributed by atoms with E-state index in [4.69, 9.17) is 0 Å². The normalized spacial score (nSPS) is 12.1. The minimum atomic E-state index is -0.561. The number of carbonyl (C=O) groups excluding carboxylic acids is 1. The van der Waals surface area contributed by atoms with Crippen LogP contribution >= 0.6 is 0 Å². The van der Waals surface area contributed by atoms with Gasteiger partial charge in [-0.1, -0.05) is 328 Å². The molecule has 0 aromatic heterocycles.